The summed E-state index contributed by atoms with van der Waals surface area (Å²) >= 11 is 0. The third-order valence-electron chi connectivity index (χ3n) is 1.21. The van der Waals surface area contributed by atoms with Crippen LogP contribution >= 0.6 is 0 Å². The zero-order chi connectivity index (χ0) is 8.69. The lowest BCUT2D eigenvalue weighted by Gasteiger charge is -2.03. The third kappa shape index (κ3) is 5.39. The maximum atomic E-state index is 10.6. The molecular weight excluding hydrogens is 144 g/mol. The van der Waals surface area contributed by atoms with Gasteiger partial charge in [-0.2, -0.15) is 0 Å². The molecular formula is C7H14N2O2. The molecule has 2 N–H and O–H groups in total. The number of hydrogen-bond donors (Lipinski definition) is 2. The highest BCUT2D eigenvalue weighted by Crippen LogP contribution is 1.87. The van der Waals surface area contributed by atoms with Crippen LogP contribution in [0.15, 0.2) is 0 Å². The lowest BCUT2D eigenvalue weighted by Crippen LogP contribution is -2.20. The summed E-state index contributed by atoms with van der Waals surface area (Å²) in [6.07, 6.45) is 0.895. The van der Waals surface area contributed by atoms with E-state index in [4.69, 9.17) is 10.1 Å². The van der Waals surface area contributed by atoms with E-state index in [9.17, 15) is 4.79 Å². The van der Waals surface area contributed by atoms with Gasteiger partial charge in [0.1, 0.15) is 0 Å². The van der Waals surface area contributed by atoms with Gasteiger partial charge in [-0.15, -0.1) is 0 Å². The molecule has 0 aliphatic rings. The Hall–Kier alpha value is -1.06. The Kier molecular flexibility index (Phi) is 5.15. The molecule has 0 aromatic rings. The summed E-state index contributed by atoms with van der Waals surface area (Å²) in [5.74, 6) is 0.169. The van der Waals surface area contributed by atoms with Gasteiger partial charge in [-0.1, -0.05) is 6.92 Å². The number of ether oxygens (including phenoxy) is 1. The van der Waals surface area contributed by atoms with Crippen LogP contribution in [0.1, 0.15) is 19.8 Å². The van der Waals surface area contributed by atoms with Gasteiger partial charge in [0.2, 0.25) is 5.91 Å². The van der Waals surface area contributed by atoms with Gasteiger partial charge in [-0.25, -0.2) is 0 Å². The molecule has 0 saturated heterocycles. The average Bonchev–Trinajstić information content (AvgIpc) is 2.04. The molecule has 4 heteroatoms. The Labute approximate surface area is 66.4 Å². The lowest BCUT2D eigenvalue weighted by molar-refractivity contribution is -0.121. The van der Waals surface area contributed by atoms with Gasteiger partial charge < -0.3 is 10.1 Å². The molecule has 0 heterocycles. The highest BCUT2D eigenvalue weighted by Gasteiger charge is 1.98. The van der Waals surface area contributed by atoms with E-state index < -0.39 is 0 Å². The van der Waals surface area contributed by atoms with Gasteiger partial charge in [-0.3, -0.25) is 10.2 Å². The molecule has 4 nitrogen and oxygen atoms in total. The van der Waals surface area contributed by atoms with Crippen molar-refractivity contribution in [3.63, 3.8) is 0 Å². The Morgan fingerprint density at radius 1 is 1.64 bits per heavy atom. The first-order valence-corrected chi connectivity index (χ1v) is 3.61. The van der Waals surface area contributed by atoms with Gasteiger partial charge in [0.15, 0.2) is 5.90 Å². The number of rotatable bonds is 4. The first kappa shape index (κ1) is 9.94. The second kappa shape index (κ2) is 5.70. The minimum atomic E-state index is -0.0612. The summed E-state index contributed by atoms with van der Waals surface area (Å²) < 4.78 is 4.89. The quantitative estimate of drug-likeness (QED) is 0.463. The Morgan fingerprint density at radius 2 is 2.27 bits per heavy atom. The monoisotopic (exact) mass is 158 g/mol. The molecule has 1 amide bonds. The molecule has 0 aromatic carbocycles. The van der Waals surface area contributed by atoms with Crippen molar-refractivity contribution in [1.82, 2.24) is 5.32 Å². The minimum Gasteiger partial charge on any atom is -0.481 e. The van der Waals surface area contributed by atoms with E-state index in [1.807, 2.05) is 6.92 Å². The highest BCUT2D eigenvalue weighted by atomic mass is 16.5. The molecule has 64 valence electrons. The van der Waals surface area contributed by atoms with Crippen LogP contribution in [0.5, 0.6) is 0 Å². The maximum Gasteiger partial charge on any atom is 0.223 e. The van der Waals surface area contributed by atoms with Gasteiger partial charge in [0, 0.05) is 13.5 Å². The number of amides is 1. The Balaban J connectivity index is 3.27. The molecule has 11 heavy (non-hydrogen) atoms. The van der Waals surface area contributed by atoms with Crippen LogP contribution in [0.3, 0.4) is 0 Å². The van der Waals surface area contributed by atoms with E-state index in [-0.39, 0.29) is 11.8 Å². The summed E-state index contributed by atoms with van der Waals surface area (Å²) in [7, 11) is 1.58. The van der Waals surface area contributed by atoms with E-state index >= 15 is 0 Å². The van der Waals surface area contributed by atoms with Crippen LogP contribution in [0.2, 0.25) is 0 Å². The molecule has 0 spiro atoms. The lowest BCUT2D eigenvalue weighted by atomic mass is 10.4. The first-order valence-electron chi connectivity index (χ1n) is 3.61. The molecule has 0 aliphatic heterocycles. The molecule has 0 saturated carbocycles. The molecule has 0 rings (SSSR count). The minimum absolute atomic E-state index is 0.0612. The van der Waals surface area contributed by atoms with Gasteiger partial charge in [0.05, 0.1) is 13.0 Å². The second-order valence-corrected chi connectivity index (χ2v) is 2.05. The van der Waals surface area contributed by atoms with Crippen molar-refractivity contribution in [2.24, 2.45) is 0 Å². The van der Waals surface area contributed by atoms with Crippen LogP contribution < -0.4 is 5.32 Å². The largest absolute Gasteiger partial charge is 0.481 e. The van der Waals surface area contributed by atoms with Crippen LogP contribution in [-0.2, 0) is 9.53 Å². The summed E-state index contributed by atoms with van der Waals surface area (Å²) in [5, 5.41) is 9.55. The predicted octanol–water partition coefficient (Wildman–Crippen LogP) is 0.526. The van der Waals surface area contributed by atoms with E-state index in [0.29, 0.717) is 19.4 Å². The van der Waals surface area contributed by atoms with Crippen molar-refractivity contribution < 1.29 is 9.53 Å². The van der Waals surface area contributed by atoms with Crippen LogP contribution in [0, 0.1) is 5.41 Å². The summed E-state index contributed by atoms with van der Waals surface area (Å²) in [6.45, 7) is 2.13. The van der Waals surface area contributed by atoms with Crippen LogP contribution in [-0.4, -0.2) is 25.5 Å². The summed E-state index contributed by atoms with van der Waals surface area (Å²) in [6, 6.07) is 0. The Bertz CT molecular complexity index is 129. The molecule has 0 fully saturated rings. The molecule has 0 radical (unpaired) electrons. The highest BCUT2D eigenvalue weighted by molar-refractivity contribution is 5.76. The van der Waals surface area contributed by atoms with Crippen LogP contribution in [0.25, 0.3) is 0 Å². The van der Waals surface area contributed by atoms with Gasteiger partial charge in [-0.05, 0) is 0 Å². The van der Waals surface area contributed by atoms with Crippen molar-refractivity contribution in [3.8, 4) is 0 Å². The summed E-state index contributed by atoms with van der Waals surface area (Å²) in [5.41, 5.74) is 0. The fraction of sp³-hybridized carbons (Fsp3) is 0.714. The third-order valence-corrected chi connectivity index (χ3v) is 1.21. The average molecular weight is 158 g/mol. The molecule has 0 aromatic heterocycles. The number of nitrogens with one attached hydrogen (secondary N) is 2. The van der Waals surface area contributed by atoms with E-state index in [0.717, 1.165) is 0 Å². The van der Waals surface area contributed by atoms with Crippen LogP contribution in [0.4, 0.5) is 0 Å². The van der Waals surface area contributed by atoms with E-state index in [1.165, 1.54) is 0 Å². The number of carbonyl (C=O) groups excluding carboxylic acids is 1. The fourth-order valence-corrected chi connectivity index (χ4v) is 0.494. The zero-order valence-corrected chi connectivity index (χ0v) is 6.94. The van der Waals surface area contributed by atoms with Crippen molar-refractivity contribution in [2.45, 2.75) is 19.8 Å². The maximum absolute atomic E-state index is 10.6. The van der Waals surface area contributed by atoms with Gasteiger partial charge >= 0.3 is 0 Å². The fourth-order valence-electron chi connectivity index (χ4n) is 0.494. The van der Waals surface area contributed by atoms with Crippen molar-refractivity contribution in [2.75, 3.05) is 13.7 Å². The van der Waals surface area contributed by atoms with E-state index in [2.05, 4.69) is 5.32 Å². The van der Waals surface area contributed by atoms with Gasteiger partial charge in [0.25, 0.3) is 0 Å². The SMILES string of the molecule is CCC(=N)OCCC(=O)NC. The molecule has 0 bridgehead atoms. The van der Waals surface area contributed by atoms with E-state index in [1.54, 1.807) is 7.05 Å². The molecule has 0 atom stereocenters. The van der Waals surface area contributed by atoms with Crippen molar-refractivity contribution in [1.29, 1.82) is 5.41 Å². The van der Waals surface area contributed by atoms with Crippen molar-refractivity contribution >= 4 is 11.8 Å². The first-order chi connectivity index (χ1) is 5.20. The molecule has 0 aliphatic carbocycles. The second-order valence-electron chi connectivity index (χ2n) is 2.05. The Morgan fingerprint density at radius 3 is 2.73 bits per heavy atom. The summed E-state index contributed by atoms with van der Waals surface area (Å²) in [4.78, 5) is 10.6. The smallest absolute Gasteiger partial charge is 0.223 e. The topological polar surface area (TPSA) is 62.2 Å². The predicted molar refractivity (Wildman–Crippen MR) is 42.7 cm³/mol. The number of hydrogen-bond acceptors (Lipinski definition) is 3. The zero-order valence-electron chi connectivity index (χ0n) is 6.94. The van der Waals surface area contributed by atoms with Crippen molar-refractivity contribution in [3.05, 3.63) is 0 Å². The normalized spacial score (nSPS) is 8.91. The molecule has 0 unspecified atom stereocenters. The standard InChI is InChI=1S/C7H14N2O2/c1-3-6(8)11-5-4-7(10)9-2/h8H,3-5H2,1-2H3,(H,9,10). The number of carbonyl (C=O) groups is 1.